The van der Waals surface area contributed by atoms with Crippen LogP contribution in [0.1, 0.15) is 12.8 Å². The van der Waals surface area contributed by atoms with Gasteiger partial charge in [-0.2, -0.15) is 0 Å². The summed E-state index contributed by atoms with van der Waals surface area (Å²) < 4.78 is 5.21. The second-order valence-corrected chi connectivity index (χ2v) is 4.29. The van der Waals surface area contributed by atoms with Crippen LogP contribution in [-0.2, 0) is 0 Å². The predicted molar refractivity (Wildman–Crippen MR) is 75.3 cm³/mol. The lowest BCUT2D eigenvalue weighted by Crippen LogP contribution is -2.02. The van der Waals surface area contributed by atoms with Crippen LogP contribution in [0.3, 0.4) is 0 Å². The van der Waals surface area contributed by atoms with E-state index >= 15 is 0 Å². The molecule has 0 heterocycles. The third kappa shape index (κ3) is 3.14. The summed E-state index contributed by atoms with van der Waals surface area (Å²) in [6, 6.07) is 12.4. The van der Waals surface area contributed by atoms with Crippen LogP contribution in [0, 0.1) is 0 Å². The Bertz CT molecular complexity index is 511. The second-order valence-electron chi connectivity index (χ2n) is 4.29. The number of rotatable bonds is 6. The molecule has 2 aromatic carbocycles. The van der Waals surface area contributed by atoms with Crippen molar-refractivity contribution in [3.8, 4) is 5.75 Å². The number of hydrogen-bond acceptors (Lipinski definition) is 3. The van der Waals surface area contributed by atoms with E-state index in [4.69, 9.17) is 9.84 Å². The van der Waals surface area contributed by atoms with Gasteiger partial charge in [-0.25, -0.2) is 0 Å². The first kappa shape index (κ1) is 12.7. The Kier molecular flexibility index (Phi) is 4.42. The molecule has 0 aromatic heterocycles. The van der Waals surface area contributed by atoms with Crippen molar-refractivity contribution < 1.29 is 9.84 Å². The van der Waals surface area contributed by atoms with Crippen molar-refractivity contribution in [3.05, 3.63) is 36.4 Å². The van der Waals surface area contributed by atoms with E-state index in [-0.39, 0.29) is 6.61 Å². The fourth-order valence-electron chi connectivity index (χ4n) is 1.93. The average Bonchev–Trinajstić information content (AvgIpc) is 2.43. The molecule has 0 radical (unpaired) electrons. The minimum absolute atomic E-state index is 0.263. The smallest absolute Gasteiger partial charge is 0.119 e. The number of hydrogen-bond donors (Lipinski definition) is 2. The molecule has 0 aliphatic carbocycles. The Balaban J connectivity index is 2.08. The van der Waals surface area contributed by atoms with E-state index in [0.717, 1.165) is 30.8 Å². The summed E-state index contributed by atoms with van der Waals surface area (Å²) in [6.07, 6.45) is 1.83. The van der Waals surface area contributed by atoms with Gasteiger partial charge in [0.05, 0.1) is 7.11 Å². The third-order valence-electron chi connectivity index (χ3n) is 2.96. The number of nitrogens with one attached hydrogen (secondary N) is 1. The minimum atomic E-state index is 0.263. The molecule has 0 saturated heterocycles. The first-order valence-corrected chi connectivity index (χ1v) is 6.26. The van der Waals surface area contributed by atoms with Gasteiger partial charge in [-0.3, -0.25) is 0 Å². The standard InChI is InChI=1S/C15H19NO2/c1-18-15-7-5-12-10-14(6-4-13(12)11-15)16-8-2-3-9-17/h4-7,10-11,16-17H,2-3,8-9H2,1H3. The molecule has 0 aliphatic rings. The molecule has 2 rings (SSSR count). The molecule has 96 valence electrons. The summed E-state index contributed by atoms with van der Waals surface area (Å²) >= 11 is 0. The lowest BCUT2D eigenvalue weighted by atomic mass is 10.1. The zero-order valence-corrected chi connectivity index (χ0v) is 10.6. The highest BCUT2D eigenvalue weighted by Gasteiger charge is 1.98. The molecule has 3 heteroatoms. The van der Waals surface area contributed by atoms with Crippen LogP contribution in [0.15, 0.2) is 36.4 Å². The number of anilines is 1. The van der Waals surface area contributed by atoms with Gasteiger partial charge in [-0.15, -0.1) is 0 Å². The topological polar surface area (TPSA) is 41.5 Å². The fourth-order valence-corrected chi connectivity index (χ4v) is 1.93. The van der Waals surface area contributed by atoms with E-state index in [1.165, 1.54) is 10.8 Å². The van der Waals surface area contributed by atoms with Gasteiger partial charge in [0.1, 0.15) is 5.75 Å². The maximum Gasteiger partial charge on any atom is 0.119 e. The van der Waals surface area contributed by atoms with Crippen molar-refractivity contribution in [1.29, 1.82) is 0 Å². The van der Waals surface area contributed by atoms with E-state index in [1.54, 1.807) is 7.11 Å². The zero-order chi connectivity index (χ0) is 12.8. The Hall–Kier alpha value is -1.74. The summed E-state index contributed by atoms with van der Waals surface area (Å²) in [5.74, 6) is 0.881. The van der Waals surface area contributed by atoms with Crippen LogP contribution in [0.2, 0.25) is 0 Å². The van der Waals surface area contributed by atoms with Gasteiger partial charge >= 0.3 is 0 Å². The third-order valence-corrected chi connectivity index (χ3v) is 2.96. The monoisotopic (exact) mass is 245 g/mol. The van der Waals surface area contributed by atoms with E-state index in [2.05, 4.69) is 29.6 Å². The number of ether oxygens (including phenoxy) is 1. The summed E-state index contributed by atoms with van der Waals surface area (Å²) in [7, 11) is 1.68. The molecule has 18 heavy (non-hydrogen) atoms. The quantitative estimate of drug-likeness (QED) is 0.769. The Morgan fingerprint density at radius 3 is 2.61 bits per heavy atom. The molecule has 0 saturated carbocycles. The molecule has 0 amide bonds. The molecule has 0 bridgehead atoms. The van der Waals surface area contributed by atoms with Crippen molar-refractivity contribution in [2.45, 2.75) is 12.8 Å². The Morgan fingerprint density at radius 1 is 1.06 bits per heavy atom. The average molecular weight is 245 g/mol. The highest BCUT2D eigenvalue weighted by molar-refractivity contribution is 5.86. The number of methoxy groups -OCH3 is 1. The van der Waals surface area contributed by atoms with E-state index < -0.39 is 0 Å². The lowest BCUT2D eigenvalue weighted by Gasteiger charge is -2.08. The van der Waals surface area contributed by atoms with Gasteiger partial charge < -0.3 is 15.2 Å². The summed E-state index contributed by atoms with van der Waals surface area (Å²) in [5.41, 5.74) is 1.12. The fraction of sp³-hybridized carbons (Fsp3) is 0.333. The number of aliphatic hydroxyl groups is 1. The van der Waals surface area contributed by atoms with E-state index in [1.807, 2.05) is 12.1 Å². The maximum absolute atomic E-state index is 8.71. The zero-order valence-electron chi connectivity index (χ0n) is 10.6. The number of benzene rings is 2. The van der Waals surface area contributed by atoms with Gasteiger partial charge in [0.2, 0.25) is 0 Å². The van der Waals surface area contributed by atoms with E-state index in [9.17, 15) is 0 Å². The van der Waals surface area contributed by atoms with Crippen molar-refractivity contribution in [3.63, 3.8) is 0 Å². The van der Waals surface area contributed by atoms with Gasteiger partial charge in [-0.05, 0) is 47.9 Å². The van der Waals surface area contributed by atoms with Crippen molar-refractivity contribution in [1.82, 2.24) is 0 Å². The molecular weight excluding hydrogens is 226 g/mol. The Labute approximate surface area is 107 Å². The molecule has 0 fully saturated rings. The van der Waals surface area contributed by atoms with Gasteiger partial charge in [0.15, 0.2) is 0 Å². The summed E-state index contributed by atoms with van der Waals surface area (Å²) in [4.78, 5) is 0. The van der Waals surface area contributed by atoms with Crippen molar-refractivity contribution in [2.24, 2.45) is 0 Å². The molecule has 0 aliphatic heterocycles. The number of aliphatic hydroxyl groups excluding tert-OH is 1. The summed E-state index contributed by atoms with van der Waals surface area (Å²) in [6.45, 7) is 1.15. The largest absolute Gasteiger partial charge is 0.497 e. The van der Waals surface area contributed by atoms with E-state index in [0.29, 0.717) is 0 Å². The first-order valence-electron chi connectivity index (χ1n) is 6.26. The van der Waals surface area contributed by atoms with Crippen molar-refractivity contribution >= 4 is 16.5 Å². The molecule has 0 atom stereocenters. The van der Waals surface area contributed by atoms with Crippen LogP contribution in [0.25, 0.3) is 10.8 Å². The van der Waals surface area contributed by atoms with Crippen LogP contribution in [0.4, 0.5) is 5.69 Å². The number of unbranched alkanes of at least 4 members (excludes halogenated alkanes) is 1. The molecule has 2 N–H and O–H groups in total. The van der Waals surface area contributed by atoms with Gasteiger partial charge in [-0.1, -0.05) is 12.1 Å². The predicted octanol–water partition coefficient (Wildman–Crippen LogP) is 3.03. The molecule has 2 aromatic rings. The normalized spacial score (nSPS) is 10.6. The Morgan fingerprint density at radius 2 is 1.83 bits per heavy atom. The van der Waals surface area contributed by atoms with Crippen LogP contribution in [0.5, 0.6) is 5.75 Å². The molecule has 0 spiro atoms. The van der Waals surface area contributed by atoms with Crippen LogP contribution in [-0.4, -0.2) is 25.4 Å². The molecule has 3 nitrogen and oxygen atoms in total. The lowest BCUT2D eigenvalue weighted by molar-refractivity contribution is 0.286. The number of fused-ring (bicyclic) bond motifs is 1. The second kappa shape index (κ2) is 6.26. The minimum Gasteiger partial charge on any atom is -0.497 e. The van der Waals surface area contributed by atoms with Crippen LogP contribution < -0.4 is 10.1 Å². The van der Waals surface area contributed by atoms with Gasteiger partial charge in [0, 0.05) is 18.8 Å². The highest BCUT2D eigenvalue weighted by Crippen LogP contribution is 2.23. The van der Waals surface area contributed by atoms with Gasteiger partial charge in [0.25, 0.3) is 0 Å². The molecular formula is C15H19NO2. The maximum atomic E-state index is 8.71. The SMILES string of the molecule is COc1ccc2cc(NCCCCO)ccc2c1. The van der Waals surface area contributed by atoms with Crippen molar-refractivity contribution in [2.75, 3.05) is 25.6 Å². The molecule has 0 unspecified atom stereocenters. The summed E-state index contributed by atoms with van der Waals surface area (Å²) in [5, 5.41) is 14.4. The first-order chi connectivity index (χ1) is 8.83. The van der Waals surface area contributed by atoms with Crippen LogP contribution >= 0.6 is 0 Å². The highest BCUT2D eigenvalue weighted by atomic mass is 16.5.